The maximum absolute atomic E-state index is 12.5. The lowest BCUT2D eigenvalue weighted by atomic mass is 9.87. The van der Waals surface area contributed by atoms with Crippen molar-refractivity contribution in [1.29, 1.82) is 0 Å². The van der Waals surface area contributed by atoms with Crippen LogP contribution < -0.4 is 0 Å². The van der Waals surface area contributed by atoms with Gasteiger partial charge in [0, 0.05) is 29.6 Å². The average molecular weight is 316 g/mol. The molecule has 2 atom stereocenters. The molecule has 120 valence electrons. The lowest BCUT2D eigenvalue weighted by Crippen LogP contribution is -2.35. The zero-order chi connectivity index (χ0) is 16.1. The number of para-hydroxylation sites is 1. The second-order valence-corrected chi connectivity index (χ2v) is 7.00. The van der Waals surface area contributed by atoms with Crippen LogP contribution in [0.4, 0.5) is 0 Å². The molecule has 3 aromatic rings. The molecule has 0 radical (unpaired) electrons. The molecule has 1 saturated heterocycles. The normalized spacial score (nSPS) is 22.7. The minimum atomic E-state index is 0.203. The van der Waals surface area contributed by atoms with E-state index < -0.39 is 0 Å². The monoisotopic (exact) mass is 316 g/mol. The van der Waals surface area contributed by atoms with Gasteiger partial charge in [0.2, 0.25) is 5.91 Å². The minimum absolute atomic E-state index is 0.203. The molecule has 1 N–H and O–H groups in total. The zero-order valence-electron chi connectivity index (χ0n) is 13.5. The Hall–Kier alpha value is -2.55. The van der Waals surface area contributed by atoms with Gasteiger partial charge in [0.1, 0.15) is 0 Å². The molecular weight excluding hydrogens is 296 g/mol. The summed E-state index contributed by atoms with van der Waals surface area (Å²) in [6.07, 6.45) is 2.58. The van der Waals surface area contributed by atoms with Gasteiger partial charge in [-0.3, -0.25) is 4.79 Å². The van der Waals surface area contributed by atoms with Crippen molar-refractivity contribution in [2.24, 2.45) is 5.92 Å². The number of nitrogens with zero attached hydrogens (tertiary/aromatic N) is 1. The maximum atomic E-state index is 12.5. The fourth-order valence-electron chi connectivity index (χ4n) is 4.59. The van der Waals surface area contributed by atoms with Crippen LogP contribution >= 0.6 is 0 Å². The van der Waals surface area contributed by atoms with Crippen LogP contribution in [0.2, 0.25) is 0 Å². The van der Waals surface area contributed by atoms with Gasteiger partial charge < -0.3 is 9.88 Å². The van der Waals surface area contributed by atoms with Gasteiger partial charge in [-0.2, -0.15) is 0 Å². The maximum Gasteiger partial charge on any atom is 0.223 e. The molecule has 1 aromatic heterocycles. The van der Waals surface area contributed by atoms with Crippen molar-refractivity contribution in [3.8, 4) is 0 Å². The van der Waals surface area contributed by atoms with Gasteiger partial charge in [-0.05, 0) is 36.0 Å². The van der Waals surface area contributed by atoms with Crippen LogP contribution in [-0.4, -0.2) is 22.3 Å². The number of nitrogens with one attached hydrogen (secondary N) is 1. The number of H-pyrrole nitrogens is 1. The topological polar surface area (TPSA) is 36.1 Å². The van der Waals surface area contributed by atoms with Crippen LogP contribution in [0.15, 0.2) is 54.6 Å². The smallest absolute Gasteiger partial charge is 0.223 e. The molecule has 0 spiro atoms. The lowest BCUT2D eigenvalue weighted by molar-refractivity contribution is -0.129. The number of hydrogen-bond donors (Lipinski definition) is 1. The number of fused-ring (bicyclic) bond motifs is 5. The standard InChI is InChI=1S/C21H20N2O/c24-19-13-15(12-14-6-2-1-3-7-14)21-20-17(10-11-23(19)21)16-8-4-5-9-18(16)22-20/h1-9,15,21-22H,10-13H2/t15-,21+/m1/s1. The van der Waals surface area contributed by atoms with Crippen LogP contribution in [0.1, 0.15) is 29.3 Å². The summed E-state index contributed by atoms with van der Waals surface area (Å²) in [7, 11) is 0. The van der Waals surface area contributed by atoms with E-state index in [2.05, 4.69) is 58.4 Å². The molecular formula is C21H20N2O. The number of carbonyl (C=O) groups is 1. The zero-order valence-corrected chi connectivity index (χ0v) is 13.5. The Bertz CT molecular complexity index is 912. The molecule has 0 bridgehead atoms. The lowest BCUT2D eigenvalue weighted by Gasteiger charge is -2.33. The number of carbonyl (C=O) groups excluding carboxylic acids is 1. The molecule has 0 unspecified atom stereocenters. The Labute approximate surface area is 141 Å². The Kier molecular flexibility index (Phi) is 3.02. The third kappa shape index (κ3) is 2.01. The van der Waals surface area contributed by atoms with Crippen molar-refractivity contribution in [1.82, 2.24) is 9.88 Å². The van der Waals surface area contributed by atoms with Crippen molar-refractivity contribution in [2.45, 2.75) is 25.3 Å². The van der Waals surface area contributed by atoms with E-state index in [-0.39, 0.29) is 6.04 Å². The predicted molar refractivity (Wildman–Crippen MR) is 94.7 cm³/mol. The molecule has 2 aliphatic heterocycles. The van der Waals surface area contributed by atoms with Gasteiger partial charge >= 0.3 is 0 Å². The molecule has 3 heterocycles. The van der Waals surface area contributed by atoms with Crippen LogP contribution in [0, 0.1) is 5.92 Å². The van der Waals surface area contributed by atoms with E-state index in [1.165, 1.54) is 27.7 Å². The second kappa shape index (κ2) is 5.23. The molecule has 3 heteroatoms. The van der Waals surface area contributed by atoms with E-state index in [4.69, 9.17) is 0 Å². The quantitative estimate of drug-likeness (QED) is 0.766. The number of benzene rings is 2. The summed E-state index contributed by atoms with van der Waals surface area (Å²) >= 11 is 0. The summed E-state index contributed by atoms with van der Waals surface area (Å²) in [5.74, 6) is 0.664. The number of rotatable bonds is 2. The van der Waals surface area contributed by atoms with E-state index in [1.807, 2.05) is 6.07 Å². The minimum Gasteiger partial charge on any atom is -0.356 e. The van der Waals surface area contributed by atoms with E-state index in [0.717, 1.165) is 19.4 Å². The highest BCUT2D eigenvalue weighted by molar-refractivity contribution is 5.87. The summed E-state index contributed by atoms with van der Waals surface area (Å²) in [5, 5.41) is 1.32. The van der Waals surface area contributed by atoms with Crippen LogP contribution in [0.25, 0.3) is 10.9 Å². The first kappa shape index (κ1) is 13.8. The summed E-state index contributed by atoms with van der Waals surface area (Å²) in [6.45, 7) is 0.851. The van der Waals surface area contributed by atoms with Crippen molar-refractivity contribution in [2.75, 3.05) is 6.54 Å². The van der Waals surface area contributed by atoms with E-state index >= 15 is 0 Å². The van der Waals surface area contributed by atoms with Gasteiger partial charge in [0.05, 0.1) is 6.04 Å². The molecule has 0 saturated carbocycles. The Balaban J connectivity index is 1.58. The SMILES string of the molecule is O=C1C[C@@H](Cc2ccccc2)[C@H]2c3[nH]c4ccccc4c3CCN12. The molecule has 0 aliphatic carbocycles. The summed E-state index contributed by atoms with van der Waals surface area (Å²) in [4.78, 5) is 18.3. The molecule has 5 rings (SSSR count). The van der Waals surface area contributed by atoms with Gasteiger partial charge in [0.25, 0.3) is 0 Å². The highest BCUT2D eigenvalue weighted by Gasteiger charge is 2.44. The summed E-state index contributed by atoms with van der Waals surface area (Å²) in [6, 6.07) is 19.3. The largest absolute Gasteiger partial charge is 0.356 e. The number of aromatic amines is 1. The number of aromatic nitrogens is 1. The first-order chi connectivity index (χ1) is 11.8. The van der Waals surface area contributed by atoms with Crippen molar-refractivity contribution in [3.63, 3.8) is 0 Å². The molecule has 1 fully saturated rings. The van der Waals surface area contributed by atoms with Gasteiger partial charge in [-0.25, -0.2) is 0 Å². The molecule has 24 heavy (non-hydrogen) atoms. The Morgan fingerprint density at radius 1 is 1.04 bits per heavy atom. The van der Waals surface area contributed by atoms with E-state index in [9.17, 15) is 4.79 Å². The van der Waals surface area contributed by atoms with Gasteiger partial charge in [0.15, 0.2) is 0 Å². The van der Waals surface area contributed by atoms with Gasteiger partial charge in [-0.1, -0.05) is 48.5 Å². The molecule has 1 amide bonds. The summed E-state index contributed by atoms with van der Waals surface area (Å²) in [5.41, 5.74) is 5.20. The highest BCUT2D eigenvalue weighted by Crippen LogP contribution is 2.45. The fourth-order valence-corrected chi connectivity index (χ4v) is 4.59. The number of hydrogen-bond acceptors (Lipinski definition) is 1. The predicted octanol–water partition coefficient (Wildman–Crippen LogP) is 3.86. The third-order valence-electron chi connectivity index (χ3n) is 5.63. The van der Waals surface area contributed by atoms with Crippen LogP contribution in [-0.2, 0) is 17.6 Å². The van der Waals surface area contributed by atoms with Crippen LogP contribution in [0.5, 0.6) is 0 Å². The second-order valence-electron chi connectivity index (χ2n) is 7.00. The fraction of sp³-hybridized carbons (Fsp3) is 0.286. The van der Waals surface area contributed by atoms with Crippen molar-refractivity contribution >= 4 is 16.8 Å². The molecule has 3 nitrogen and oxygen atoms in total. The third-order valence-corrected chi connectivity index (χ3v) is 5.63. The molecule has 2 aliphatic rings. The summed E-state index contributed by atoms with van der Waals surface area (Å²) < 4.78 is 0. The first-order valence-corrected chi connectivity index (χ1v) is 8.74. The van der Waals surface area contributed by atoms with E-state index in [1.54, 1.807) is 0 Å². The van der Waals surface area contributed by atoms with Crippen molar-refractivity contribution < 1.29 is 4.79 Å². The Morgan fingerprint density at radius 2 is 1.83 bits per heavy atom. The highest BCUT2D eigenvalue weighted by atomic mass is 16.2. The number of amides is 1. The molecule has 2 aromatic carbocycles. The Morgan fingerprint density at radius 3 is 2.71 bits per heavy atom. The van der Waals surface area contributed by atoms with Crippen molar-refractivity contribution in [3.05, 3.63) is 71.4 Å². The van der Waals surface area contributed by atoms with Gasteiger partial charge in [-0.15, -0.1) is 0 Å². The average Bonchev–Trinajstić information content (AvgIpc) is 3.14. The first-order valence-electron chi connectivity index (χ1n) is 8.74. The van der Waals surface area contributed by atoms with E-state index in [0.29, 0.717) is 18.2 Å². The van der Waals surface area contributed by atoms with Crippen LogP contribution in [0.3, 0.4) is 0 Å².